The molecule has 2 saturated carbocycles. The number of carbonyl (C=O) groups excluding carboxylic acids is 1. The van der Waals surface area contributed by atoms with Gasteiger partial charge in [-0.2, -0.15) is 0 Å². The topological polar surface area (TPSA) is 17.1 Å². The van der Waals surface area contributed by atoms with Crippen LogP contribution in [0.5, 0.6) is 0 Å². The van der Waals surface area contributed by atoms with Crippen LogP contribution in [0.2, 0.25) is 0 Å². The van der Waals surface area contributed by atoms with Crippen molar-refractivity contribution in [2.24, 2.45) is 29.1 Å². The zero-order chi connectivity index (χ0) is 17.2. The largest absolute Gasteiger partial charge is 0.295 e. The van der Waals surface area contributed by atoms with Crippen molar-refractivity contribution >= 4 is 21.7 Å². The smallest absolute Gasteiger partial charge is 0.155 e. The number of halogens is 1. The first-order valence-corrected chi connectivity index (χ1v) is 10.7. The van der Waals surface area contributed by atoms with Crippen molar-refractivity contribution in [1.82, 2.24) is 0 Å². The number of carbonyl (C=O) groups is 1. The molecule has 3 aliphatic rings. The summed E-state index contributed by atoms with van der Waals surface area (Å²) in [7, 11) is 0. The third-order valence-electron chi connectivity index (χ3n) is 6.92. The summed E-state index contributed by atoms with van der Waals surface area (Å²) >= 11 is 3.98. The van der Waals surface area contributed by atoms with Crippen LogP contribution in [-0.2, 0) is 4.79 Å². The lowest BCUT2D eigenvalue weighted by atomic mass is 9.51. The van der Waals surface area contributed by atoms with E-state index in [0.29, 0.717) is 21.9 Å². The van der Waals surface area contributed by atoms with Crippen molar-refractivity contribution in [3.05, 3.63) is 11.6 Å². The van der Waals surface area contributed by atoms with Crippen LogP contribution in [0.1, 0.15) is 79.6 Å². The Bertz CT molecular complexity index is 455. The number of rotatable bonds is 1. The van der Waals surface area contributed by atoms with Gasteiger partial charge >= 0.3 is 0 Å². The van der Waals surface area contributed by atoms with Crippen molar-refractivity contribution in [1.29, 1.82) is 0 Å². The van der Waals surface area contributed by atoms with Crippen molar-refractivity contribution in [3.8, 4) is 0 Å². The Balaban J connectivity index is 0.000000595. The Morgan fingerprint density at radius 2 is 1.91 bits per heavy atom. The predicted octanol–water partition coefficient (Wildman–Crippen LogP) is 6.55. The monoisotopic (exact) mass is 382 g/mol. The molecule has 0 aliphatic heterocycles. The Kier molecular flexibility index (Phi) is 6.56. The number of ketones is 1. The second-order valence-electron chi connectivity index (χ2n) is 8.33. The maximum absolute atomic E-state index is 11.7. The fraction of sp³-hybridized carbons (Fsp3) is 0.857. The van der Waals surface area contributed by atoms with Gasteiger partial charge in [0, 0.05) is 11.2 Å². The standard InChI is InChI=1S/C18H27BrO.C3H8/c1-4-18(3)8-7-15-14-6-5-13(20)9-12(14)10-16(19)17(15)11(18)2;1-3-2/h9,11,14-17H,4-8,10H2,1-3H3;3H2,1-2H3. The lowest BCUT2D eigenvalue weighted by Crippen LogP contribution is -2.49. The molecule has 3 rings (SSSR count). The molecule has 1 nitrogen and oxygen atoms in total. The quantitative estimate of drug-likeness (QED) is 0.469. The molecule has 2 fully saturated rings. The number of hydrogen-bond donors (Lipinski definition) is 0. The molecule has 23 heavy (non-hydrogen) atoms. The third-order valence-corrected chi connectivity index (χ3v) is 7.85. The number of alkyl halides is 1. The van der Waals surface area contributed by atoms with E-state index in [4.69, 9.17) is 0 Å². The van der Waals surface area contributed by atoms with Gasteiger partial charge in [0.2, 0.25) is 0 Å². The van der Waals surface area contributed by atoms with Crippen LogP contribution >= 0.6 is 15.9 Å². The molecule has 0 aromatic heterocycles. The fourth-order valence-electron chi connectivity index (χ4n) is 5.23. The minimum atomic E-state index is 0.358. The Hall–Kier alpha value is -0.110. The first-order chi connectivity index (χ1) is 10.9. The van der Waals surface area contributed by atoms with Crippen LogP contribution in [0, 0.1) is 29.1 Å². The molecule has 0 amide bonds. The summed E-state index contributed by atoms with van der Waals surface area (Å²) in [6.45, 7) is 11.6. The van der Waals surface area contributed by atoms with Gasteiger partial charge in [-0.15, -0.1) is 0 Å². The number of hydrogen-bond acceptors (Lipinski definition) is 1. The summed E-state index contributed by atoms with van der Waals surface area (Å²) < 4.78 is 0. The van der Waals surface area contributed by atoms with Crippen molar-refractivity contribution < 1.29 is 4.79 Å². The Morgan fingerprint density at radius 3 is 2.52 bits per heavy atom. The summed E-state index contributed by atoms with van der Waals surface area (Å²) in [6.07, 6.45) is 10.2. The molecule has 6 unspecified atom stereocenters. The minimum Gasteiger partial charge on any atom is -0.295 e. The van der Waals surface area contributed by atoms with Gasteiger partial charge in [0.1, 0.15) is 0 Å². The van der Waals surface area contributed by atoms with Gasteiger partial charge in [0.25, 0.3) is 0 Å². The van der Waals surface area contributed by atoms with Crippen LogP contribution in [0.25, 0.3) is 0 Å². The first kappa shape index (κ1) is 19.2. The highest BCUT2D eigenvalue weighted by Gasteiger charge is 2.51. The summed E-state index contributed by atoms with van der Waals surface area (Å²) in [4.78, 5) is 12.3. The Labute approximate surface area is 151 Å². The van der Waals surface area contributed by atoms with Gasteiger partial charge in [0.05, 0.1) is 0 Å². The molecule has 0 aromatic carbocycles. The lowest BCUT2D eigenvalue weighted by molar-refractivity contribution is -0.116. The molecule has 2 heteroatoms. The van der Waals surface area contributed by atoms with Crippen molar-refractivity contribution in [2.45, 2.75) is 84.4 Å². The van der Waals surface area contributed by atoms with Gasteiger partial charge in [-0.3, -0.25) is 4.79 Å². The normalized spacial score (nSPS) is 42.8. The molecule has 0 spiro atoms. The van der Waals surface area contributed by atoms with E-state index in [1.165, 1.54) is 31.3 Å². The molecular formula is C21H35BrO. The van der Waals surface area contributed by atoms with E-state index >= 15 is 0 Å². The average Bonchev–Trinajstić information content (AvgIpc) is 2.51. The van der Waals surface area contributed by atoms with Gasteiger partial charge in [-0.05, 0) is 60.8 Å². The second kappa shape index (κ2) is 7.85. The Morgan fingerprint density at radius 1 is 1.26 bits per heavy atom. The molecule has 0 radical (unpaired) electrons. The van der Waals surface area contributed by atoms with Crippen LogP contribution < -0.4 is 0 Å². The highest BCUT2D eigenvalue weighted by molar-refractivity contribution is 9.09. The molecule has 3 aliphatic carbocycles. The maximum Gasteiger partial charge on any atom is 0.155 e. The summed E-state index contributed by atoms with van der Waals surface area (Å²) in [6, 6.07) is 0. The first-order valence-electron chi connectivity index (χ1n) is 9.75. The van der Waals surface area contributed by atoms with E-state index in [0.717, 1.165) is 37.0 Å². The molecule has 6 atom stereocenters. The maximum atomic E-state index is 11.7. The lowest BCUT2D eigenvalue weighted by Gasteiger charge is -2.55. The van der Waals surface area contributed by atoms with E-state index in [2.05, 4.69) is 50.5 Å². The molecule has 0 N–H and O–H groups in total. The molecule has 0 bridgehead atoms. The second-order valence-corrected chi connectivity index (χ2v) is 9.51. The molecule has 132 valence electrons. The summed E-state index contributed by atoms with van der Waals surface area (Å²) in [5.74, 6) is 3.45. The predicted molar refractivity (Wildman–Crippen MR) is 103 cm³/mol. The summed E-state index contributed by atoms with van der Waals surface area (Å²) in [5.41, 5.74) is 1.97. The number of allylic oxidation sites excluding steroid dienone is 2. The highest BCUT2D eigenvalue weighted by atomic mass is 79.9. The van der Waals surface area contributed by atoms with Crippen LogP contribution in [0.15, 0.2) is 11.6 Å². The average molecular weight is 383 g/mol. The van der Waals surface area contributed by atoms with Crippen LogP contribution in [-0.4, -0.2) is 10.6 Å². The van der Waals surface area contributed by atoms with E-state index in [9.17, 15) is 4.79 Å². The SMILES string of the molecule is CCC.CCC1(C)CCC2C3CCC(=O)C=C3CC(Br)C2C1C. The van der Waals surface area contributed by atoms with E-state index in [-0.39, 0.29) is 0 Å². The zero-order valence-electron chi connectivity index (χ0n) is 15.7. The van der Waals surface area contributed by atoms with E-state index in [1.807, 2.05) is 6.08 Å². The van der Waals surface area contributed by atoms with Crippen molar-refractivity contribution in [3.63, 3.8) is 0 Å². The van der Waals surface area contributed by atoms with Gasteiger partial charge in [-0.25, -0.2) is 0 Å². The third kappa shape index (κ3) is 3.78. The van der Waals surface area contributed by atoms with E-state index < -0.39 is 0 Å². The number of fused-ring (bicyclic) bond motifs is 3. The van der Waals surface area contributed by atoms with E-state index in [1.54, 1.807) is 0 Å². The molecular weight excluding hydrogens is 348 g/mol. The summed E-state index contributed by atoms with van der Waals surface area (Å²) in [5, 5.41) is 0. The van der Waals surface area contributed by atoms with Crippen LogP contribution in [0.4, 0.5) is 0 Å². The van der Waals surface area contributed by atoms with Crippen LogP contribution in [0.3, 0.4) is 0 Å². The molecule has 0 heterocycles. The fourth-order valence-corrected chi connectivity index (χ4v) is 6.46. The zero-order valence-corrected chi connectivity index (χ0v) is 17.3. The minimum absolute atomic E-state index is 0.358. The van der Waals surface area contributed by atoms with Gasteiger partial charge in [-0.1, -0.05) is 69.0 Å². The molecule has 0 aromatic rings. The van der Waals surface area contributed by atoms with Gasteiger partial charge < -0.3 is 0 Å². The highest BCUT2D eigenvalue weighted by Crippen LogP contribution is 2.58. The van der Waals surface area contributed by atoms with Gasteiger partial charge in [0.15, 0.2) is 5.78 Å². The van der Waals surface area contributed by atoms with Crippen molar-refractivity contribution in [2.75, 3.05) is 0 Å². The molecule has 0 saturated heterocycles.